The van der Waals surface area contributed by atoms with Gasteiger partial charge >= 0.3 is 0 Å². The zero-order chi connectivity index (χ0) is 13.1. The number of carbonyl (C=O) groups is 2. The number of hydrogen-bond donors (Lipinski definition) is 3. The largest absolute Gasteiger partial charge is 0.371 e. The molecule has 0 aliphatic heterocycles. The zero-order valence-corrected chi connectivity index (χ0v) is 9.86. The van der Waals surface area contributed by atoms with Crippen LogP contribution in [0.5, 0.6) is 0 Å². The average Bonchev–Trinajstić information content (AvgIpc) is 2.29. The molecular weight excluding hydrogens is 220 g/mol. The quantitative estimate of drug-likeness (QED) is 0.680. The third-order valence-electron chi connectivity index (χ3n) is 2.68. The molecule has 0 saturated carbocycles. The van der Waals surface area contributed by atoms with E-state index in [2.05, 4.69) is 10.3 Å². The molecular formula is C11H16N4O2. The van der Waals surface area contributed by atoms with Gasteiger partial charge in [-0.25, -0.2) is 0 Å². The highest BCUT2D eigenvalue weighted by atomic mass is 16.2. The number of aromatic nitrogens is 1. The van der Waals surface area contributed by atoms with Crippen molar-refractivity contribution in [2.24, 2.45) is 11.5 Å². The SMILES string of the molecule is CCC(C)(Nc1ccnc(C(N)=O)c1)C(N)=O. The van der Waals surface area contributed by atoms with Gasteiger partial charge in [-0.2, -0.15) is 0 Å². The summed E-state index contributed by atoms with van der Waals surface area (Å²) in [4.78, 5) is 26.1. The minimum Gasteiger partial charge on any atom is -0.371 e. The van der Waals surface area contributed by atoms with E-state index in [-0.39, 0.29) is 5.69 Å². The maximum Gasteiger partial charge on any atom is 0.267 e. The van der Waals surface area contributed by atoms with Crippen LogP contribution in [-0.4, -0.2) is 22.3 Å². The number of pyridine rings is 1. The van der Waals surface area contributed by atoms with Crippen LogP contribution < -0.4 is 16.8 Å². The number of carbonyl (C=O) groups excluding carboxylic acids is 2. The second-order valence-corrected chi connectivity index (χ2v) is 3.97. The molecule has 0 radical (unpaired) electrons. The third-order valence-corrected chi connectivity index (χ3v) is 2.68. The standard InChI is InChI=1S/C11H16N4O2/c1-3-11(2,10(13)17)15-7-4-5-14-8(6-7)9(12)16/h4-6H,3H2,1-2H3,(H2,12,16)(H2,13,17)(H,14,15). The Labute approximate surface area is 99.4 Å². The molecule has 1 rings (SSSR count). The summed E-state index contributed by atoms with van der Waals surface area (Å²) in [5, 5.41) is 2.98. The molecule has 17 heavy (non-hydrogen) atoms. The van der Waals surface area contributed by atoms with Gasteiger partial charge in [0.1, 0.15) is 11.2 Å². The summed E-state index contributed by atoms with van der Waals surface area (Å²) in [5.41, 5.74) is 10.3. The monoisotopic (exact) mass is 236 g/mol. The molecule has 0 bridgehead atoms. The first-order valence-electron chi connectivity index (χ1n) is 5.23. The molecule has 5 N–H and O–H groups in total. The molecule has 0 aliphatic rings. The van der Waals surface area contributed by atoms with Gasteiger partial charge in [0.15, 0.2) is 0 Å². The summed E-state index contributed by atoms with van der Waals surface area (Å²) >= 11 is 0. The number of hydrogen-bond acceptors (Lipinski definition) is 4. The lowest BCUT2D eigenvalue weighted by Crippen LogP contribution is -2.47. The normalized spacial score (nSPS) is 13.8. The van der Waals surface area contributed by atoms with E-state index in [1.165, 1.54) is 12.3 Å². The van der Waals surface area contributed by atoms with Crippen LogP contribution in [-0.2, 0) is 4.79 Å². The van der Waals surface area contributed by atoms with Gasteiger partial charge < -0.3 is 16.8 Å². The summed E-state index contributed by atoms with van der Waals surface area (Å²) < 4.78 is 0. The molecule has 1 atom stereocenters. The van der Waals surface area contributed by atoms with Gasteiger partial charge in [0, 0.05) is 11.9 Å². The van der Waals surface area contributed by atoms with Crippen LogP contribution in [0.1, 0.15) is 30.8 Å². The molecule has 1 aromatic heterocycles. The Balaban J connectivity index is 2.98. The fourth-order valence-electron chi connectivity index (χ4n) is 1.29. The van der Waals surface area contributed by atoms with Gasteiger partial charge in [-0.05, 0) is 25.5 Å². The van der Waals surface area contributed by atoms with Crippen molar-refractivity contribution in [3.05, 3.63) is 24.0 Å². The lowest BCUT2D eigenvalue weighted by Gasteiger charge is -2.27. The van der Waals surface area contributed by atoms with Crippen LogP contribution in [0.4, 0.5) is 5.69 Å². The second-order valence-electron chi connectivity index (χ2n) is 3.97. The average molecular weight is 236 g/mol. The van der Waals surface area contributed by atoms with Crippen molar-refractivity contribution < 1.29 is 9.59 Å². The Bertz CT molecular complexity index is 447. The minimum atomic E-state index is -0.865. The molecule has 1 heterocycles. The predicted octanol–water partition coefficient (Wildman–Crippen LogP) is 0.246. The minimum absolute atomic E-state index is 0.137. The zero-order valence-electron chi connectivity index (χ0n) is 9.86. The van der Waals surface area contributed by atoms with E-state index in [0.717, 1.165) is 0 Å². The molecule has 0 saturated heterocycles. The van der Waals surface area contributed by atoms with Gasteiger partial charge in [0.05, 0.1) is 0 Å². The van der Waals surface area contributed by atoms with E-state index >= 15 is 0 Å². The van der Waals surface area contributed by atoms with Crippen molar-refractivity contribution in [3.8, 4) is 0 Å². The number of nitrogens with two attached hydrogens (primary N) is 2. The Morgan fingerprint density at radius 3 is 2.59 bits per heavy atom. The Morgan fingerprint density at radius 1 is 1.47 bits per heavy atom. The lowest BCUT2D eigenvalue weighted by atomic mass is 9.97. The summed E-state index contributed by atoms with van der Waals surface area (Å²) in [6.45, 7) is 3.54. The summed E-state index contributed by atoms with van der Waals surface area (Å²) in [7, 11) is 0. The number of nitrogens with one attached hydrogen (secondary N) is 1. The fourth-order valence-corrected chi connectivity index (χ4v) is 1.29. The second kappa shape index (κ2) is 4.82. The van der Waals surface area contributed by atoms with E-state index in [1.807, 2.05) is 6.92 Å². The Morgan fingerprint density at radius 2 is 2.12 bits per heavy atom. The molecule has 0 aliphatic carbocycles. The third kappa shape index (κ3) is 2.93. The number of amides is 2. The predicted molar refractivity (Wildman–Crippen MR) is 64.3 cm³/mol. The highest BCUT2D eigenvalue weighted by Crippen LogP contribution is 2.18. The maximum atomic E-state index is 11.3. The first-order chi connectivity index (χ1) is 7.89. The number of nitrogens with zero attached hydrogens (tertiary/aromatic N) is 1. The van der Waals surface area contributed by atoms with Crippen molar-refractivity contribution in [1.29, 1.82) is 0 Å². The van der Waals surface area contributed by atoms with Crippen molar-refractivity contribution in [1.82, 2.24) is 4.98 Å². The van der Waals surface area contributed by atoms with Crippen LogP contribution in [0.2, 0.25) is 0 Å². The molecule has 0 spiro atoms. The molecule has 1 aromatic rings. The molecule has 2 amide bonds. The molecule has 6 nitrogen and oxygen atoms in total. The summed E-state index contributed by atoms with van der Waals surface area (Å²) in [5.74, 6) is -1.08. The van der Waals surface area contributed by atoms with E-state index in [4.69, 9.17) is 11.5 Å². The van der Waals surface area contributed by atoms with Gasteiger partial charge in [-0.15, -0.1) is 0 Å². The van der Waals surface area contributed by atoms with Crippen LogP contribution in [0.25, 0.3) is 0 Å². The maximum absolute atomic E-state index is 11.3. The van der Waals surface area contributed by atoms with Crippen molar-refractivity contribution in [2.45, 2.75) is 25.8 Å². The van der Waals surface area contributed by atoms with Crippen molar-refractivity contribution in [3.63, 3.8) is 0 Å². The van der Waals surface area contributed by atoms with Gasteiger partial charge in [0.2, 0.25) is 5.91 Å². The molecule has 0 fully saturated rings. The molecule has 1 unspecified atom stereocenters. The van der Waals surface area contributed by atoms with Crippen molar-refractivity contribution >= 4 is 17.5 Å². The van der Waals surface area contributed by atoms with Crippen LogP contribution in [0.15, 0.2) is 18.3 Å². The first-order valence-corrected chi connectivity index (χ1v) is 5.23. The Kier molecular flexibility index (Phi) is 3.67. The van der Waals surface area contributed by atoms with Gasteiger partial charge in [-0.1, -0.05) is 6.92 Å². The highest BCUT2D eigenvalue weighted by molar-refractivity contribution is 5.92. The molecule has 92 valence electrons. The highest BCUT2D eigenvalue weighted by Gasteiger charge is 2.28. The molecule has 0 aromatic carbocycles. The van der Waals surface area contributed by atoms with Crippen LogP contribution in [0, 0.1) is 0 Å². The lowest BCUT2D eigenvalue weighted by molar-refractivity contribution is -0.121. The summed E-state index contributed by atoms with van der Waals surface area (Å²) in [6.07, 6.45) is 1.97. The first kappa shape index (κ1) is 13.0. The smallest absolute Gasteiger partial charge is 0.267 e. The summed E-state index contributed by atoms with van der Waals surface area (Å²) in [6, 6.07) is 3.13. The number of anilines is 1. The van der Waals surface area contributed by atoms with Crippen LogP contribution in [0.3, 0.4) is 0 Å². The number of rotatable bonds is 5. The van der Waals surface area contributed by atoms with Crippen molar-refractivity contribution in [2.75, 3.05) is 5.32 Å². The topological polar surface area (TPSA) is 111 Å². The van der Waals surface area contributed by atoms with Crippen LogP contribution >= 0.6 is 0 Å². The van der Waals surface area contributed by atoms with E-state index < -0.39 is 17.4 Å². The molecule has 6 heteroatoms. The van der Waals surface area contributed by atoms with E-state index in [0.29, 0.717) is 12.1 Å². The van der Waals surface area contributed by atoms with Gasteiger partial charge in [0.25, 0.3) is 5.91 Å². The van der Waals surface area contributed by atoms with E-state index in [9.17, 15) is 9.59 Å². The van der Waals surface area contributed by atoms with E-state index in [1.54, 1.807) is 13.0 Å². The fraction of sp³-hybridized carbons (Fsp3) is 0.364. The Hall–Kier alpha value is -2.11. The van der Waals surface area contributed by atoms with Gasteiger partial charge in [-0.3, -0.25) is 14.6 Å². The number of primary amides is 2.